The molecule has 0 aliphatic heterocycles. The van der Waals surface area contributed by atoms with Gasteiger partial charge in [0.1, 0.15) is 5.82 Å². The fourth-order valence-corrected chi connectivity index (χ4v) is 4.30. The number of nitrogens with zero attached hydrogens (tertiary/aromatic N) is 5. The third kappa shape index (κ3) is 5.69. The number of rotatable bonds is 9. The standard InChI is InChI=1S/C26H22FN5OS/c27-22-14-12-21(13-15-22)25-29-30-26(32(25)18-20-8-3-1-4-9-20)34-19-24(33)31(17-7-16-28)23-10-5-2-6-11-23/h1-6,8-15H,7,17-19H2. The molecule has 0 spiro atoms. The van der Waals surface area contributed by atoms with Gasteiger partial charge in [0.2, 0.25) is 5.91 Å². The second-order valence-electron chi connectivity index (χ2n) is 7.46. The molecule has 0 atom stereocenters. The minimum atomic E-state index is -0.323. The molecule has 4 aromatic rings. The van der Waals surface area contributed by atoms with Crippen molar-refractivity contribution in [1.82, 2.24) is 14.8 Å². The molecule has 1 aromatic heterocycles. The van der Waals surface area contributed by atoms with Gasteiger partial charge in [-0.05, 0) is 42.0 Å². The van der Waals surface area contributed by atoms with Crippen LogP contribution >= 0.6 is 11.8 Å². The molecule has 1 amide bonds. The lowest BCUT2D eigenvalue weighted by Crippen LogP contribution is -2.33. The van der Waals surface area contributed by atoms with Crippen molar-refractivity contribution >= 4 is 23.4 Å². The summed E-state index contributed by atoms with van der Waals surface area (Å²) < 4.78 is 15.4. The van der Waals surface area contributed by atoms with Gasteiger partial charge in [-0.1, -0.05) is 60.3 Å². The van der Waals surface area contributed by atoms with E-state index in [9.17, 15) is 9.18 Å². The van der Waals surface area contributed by atoms with Gasteiger partial charge in [0, 0.05) is 17.8 Å². The molecule has 0 aliphatic rings. The number of anilines is 1. The van der Waals surface area contributed by atoms with E-state index in [-0.39, 0.29) is 23.9 Å². The van der Waals surface area contributed by atoms with E-state index in [0.717, 1.165) is 16.8 Å². The molecule has 0 unspecified atom stereocenters. The van der Waals surface area contributed by atoms with Crippen LogP contribution in [0.5, 0.6) is 0 Å². The number of amides is 1. The molecular weight excluding hydrogens is 449 g/mol. The SMILES string of the molecule is N#CCCN(C(=O)CSc1nnc(-c2ccc(F)cc2)n1Cc1ccccc1)c1ccccc1. The summed E-state index contributed by atoms with van der Waals surface area (Å²) in [5, 5.41) is 18.3. The average Bonchev–Trinajstić information content (AvgIpc) is 3.27. The zero-order chi connectivity index (χ0) is 23.8. The summed E-state index contributed by atoms with van der Waals surface area (Å²) in [5.74, 6) is 0.292. The van der Waals surface area contributed by atoms with Gasteiger partial charge in [0.05, 0.1) is 24.8 Å². The van der Waals surface area contributed by atoms with Gasteiger partial charge >= 0.3 is 0 Å². The molecule has 6 nitrogen and oxygen atoms in total. The van der Waals surface area contributed by atoms with Crippen molar-refractivity contribution in [3.8, 4) is 17.5 Å². The molecule has 0 N–H and O–H groups in total. The largest absolute Gasteiger partial charge is 0.311 e. The van der Waals surface area contributed by atoms with Crippen molar-refractivity contribution in [2.75, 3.05) is 17.2 Å². The lowest BCUT2D eigenvalue weighted by molar-refractivity contribution is -0.116. The van der Waals surface area contributed by atoms with Gasteiger partial charge in [-0.25, -0.2) is 4.39 Å². The highest BCUT2D eigenvalue weighted by Gasteiger charge is 2.20. The molecule has 8 heteroatoms. The van der Waals surface area contributed by atoms with Crippen molar-refractivity contribution in [2.45, 2.75) is 18.1 Å². The Morgan fingerprint density at radius 1 is 0.971 bits per heavy atom. The number of benzene rings is 3. The highest BCUT2D eigenvalue weighted by atomic mass is 32.2. The van der Waals surface area contributed by atoms with E-state index in [1.54, 1.807) is 17.0 Å². The molecular formula is C26H22FN5OS. The normalized spacial score (nSPS) is 10.6. The van der Waals surface area contributed by atoms with Crippen molar-refractivity contribution in [3.05, 3.63) is 96.3 Å². The highest BCUT2D eigenvalue weighted by Crippen LogP contribution is 2.26. The van der Waals surface area contributed by atoms with Crippen LogP contribution in [-0.4, -0.2) is 33.0 Å². The van der Waals surface area contributed by atoms with Crippen LogP contribution in [0, 0.1) is 17.1 Å². The fraction of sp³-hybridized carbons (Fsp3) is 0.154. The zero-order valence-corrected chi connectivity index (χ0v) is 19.2. The number of hydrogen-bond donors (Lipinski definition) is 0. The third-order valence-electron chi connectivity index (χ3n) is 5.14. The molecule has 0 aliphatic carbocycles. The minimum Gasteiger partial charge on any atom is -0.311 e. The predicted octanol–water partition coefficient (Wildman–Crippen LogP) is 5.17. The summed E-state index contributed by atoms with van der Waals surface area (Å²) in [5.41, 5.74) is 2.54. The first-order valence-electron chi connectivity index (χ1n) is 10.7. The van der Waals surface area contributed by atoms with Gasteiger partial charge < -0.3 is 4.90 Å². The Morgan fingerprint density at radius 3 is 2.32 bits per heavy atom. The number of carbonyl (C=O) groups excluding carboxylic acids is 1. The van der Waals surface area contributed by atoms with Crippen LogP contribution in [-0.2, 0) is 11.3 Å². The van der Waals surface area contributed by atoms with Crippen LogP contribution in [0.15, 0.2) is 90.1 Å². The topological polar surface area (TPSA) is 74.8 Å². The molecule has 34 heavy (non-hydrogen) atoms. The minimum absolute atomic E-state index is 0.121. The van der Waals surface area contributed by atoms with Crippen molar-refractivity contribution < 1.29 is 9.18 Å². The van der Waals surface area contributed by atoms with Crippen molar-refractivity contribution in [1.29, 1.82) is 5.26 Å². The number of hydrogen-bond acceptors (Lipinski definition) is 5. The van der Waals surface area contributed by atoms with Crippen molar-refractivity contribution in [3.63, 3.8) is 0 Å². The fourth-order valence-electron chi connectivity index (χ4n) is 3.49. The summed E-state index contributed by atoms with van der Waals surface area (Å²) >= 11 is 1.29. The first-order chi connectivity index (χ1) is 16.7. The van der Waals surface area contributed by atoms with Crippen LogP contribution in [0.4, 0.5) is 10.1 Å². The number of aromatic nitrogens is 3. The average molecular weight is 472 g/mol. The number of para-hydroxylation sites is 1. The van der Waals surface area contributed by atoms with Crippen LogP contribution < -0.4 is 4.90 Å². The van der Waals surface area contributed by atoms with Gasteiger partial charge in [0.25, 0.3) is 0 Å². The van der Waals surface area contributed by atoms with Crippen LogP contribution in [0.2, 0.25) is 0 Å². The quantitative estimate of drug-likeness (QED) is 0.315. The lowest BCUT2D eigenvalue weighted by atomic mass is 10.2. The first kappa shape index (κ1) is 23.2. The number of carbonyl (C=O) groups is 1. The van der Waals surface area contributed by atoms with Gasteiger partial charge in [-0.3, -0.25) is 9.36 Å². The van der Waals surface area contributed by atoms with Crippen molar-refractivity contribution in [2.24, 2.45) is 0 Å². The maximum absolute atomic E-state index is 13.5. The molecule has 0 fully saturated rings. The van der Waals surface area contributed by atoms with Crippen LogP contribution in [0.3, 0.4) is 0 Å². The third-order valence-corrected chi connectivity index (χ3v) is 6.10. The second-order valence-corrected chi connectivity index (χ2v) is 8.41. The van der Waals surface area contributed by atoms with E-state index in [2.05, 4.69) is 16.3 Å². The highest BCUT2D eigenvalue weighted by molar-refractivity contribution is 7.99. The Morgan fingerprint density at radius 2 is 1.65 bits per heavy atom. The molecule has 4 rings (SSSR count). The molecule has 0 saturated heterocycles. The van der Waals surface area contributed by atoms with E-state index in [4.69, 9.17) is 5.26 Å². The lowest BCUT2D eigenvalue weighted by Gasteiger charge is -2.21. The molecule has 0 bridgehead atoms. The second kappa shape index (κ2) is 11.3. The number of halogens is 1. The Kier molecular flexibility index (Phi) is 7.68. The number of nitriles is 1. The summed E-state index contributed by atoms with van der Waals surface area (Å²) in [6.45, 7) is 0.825. The molecule has 1 heterocycles. The monoisotopic (exact) mass is 471 g/mol. The van der Waals surface area contributed by atoms with Gasteiger partial charge in [0.15, 0.2) is 11.0 Å². The van der Waals surface area contributed by atoms with Crippen LogP contribution in [0.25, 0.3) is 11.4 Å². The number of thioether (sulfide) groups is 1. The summed E-state index contributed by atoms with van der Waals surface area (Å²) in [6, 6.07) is 27.4. The summed E-state index contributed by atoms with van der Waals surface area (Å²) in [6.07, 6.45) is 0.240. The van der Waals surface area contributed by atoms with E-state index in [1.807, 2.05) is 65.2 Å². The molecule has 170 valence electrons. The maximum atomic E-state index is 13.5. The first-order valence-corrected chi connectivity index (χ1v) is 11.7. The van der Waals surface area contributed by atoms with Crippen LogP contribution in [0.1, 0.15) is 12.0 Å². The Bertz CT molecular complexity index is 1270. The molecule has 3 aromatic carbocycles. The summed E-state index contributed by atoms with van der Waals surface area (Å²) in [4.78, 5) is 14.7. The van der Waals surface area contributed by atoms with E-state index < -0.39 is 0 Å². The Labute approximate surface area is 201 Å². The maximum Gasteiger partial charge on any atom is 0.237 e. The van der Waals surface area contributed by atoms with E-state index >= 15 is 0 Å². The van der Waals surface area contributed by atoms with Gasteiger partial charge in [-0.2, -0.15) is 5.26 Å². The Hall–Kier alpha value is -3.96. The predicted molar refractivity (Wildman–Crippen MR) is 131 cm³/mol. The zero-order valence-electron chi connectivity index (χ0n) is 18.3. The smallest absolute Gasteiger partial charge is 0.237 e. The summed E-state index contributed by atoms with van der Waals surface area (Å²) in [7, 11) is 0. The Balaban J connectivity index is 1.58. The van der Waals surface area contributed by atoms with Gasteiger partial charge in [-0.15, -0.1) is 10.2 Å². The van der Waals surface area contributed by atoms with E-state index in [0.29, 0.717) is 24.1 Å². The molecule has 0 saturated carbocycles. The molecule has 0 radical (unpaired) electrons. The van der Waals surface area contributed by atoms with E-state index in [1.165, 1.54) is 23.9 Å².